The summed E-state index contributed by atoms with van der Waals surface area (Å²) in [6.45, 7) is 2.93. The number of aromatic nitrogens is 4. The highest BCUT2D eigenvalue weighted by Crippen LogP contribution is 2.34. The lowest BCUT2D eigenvalue weighted by Crippen LogP contribution is -2.22. The van der Waals surface area contributed by atoms with Crippen molar-refractivity contribution in [1.82, 2.24) is 19.9 Å². The van der Waals surface area contributed by atoms with Gasteiger partial charge in [-0.05, 0) is 44.7 Å². The molecule has 3 heterocycles. The summed E-state index contributed by atoms with van der Waals surface area (Å²) in [6, 6.07) is 7.64. The van der Waals surface area contributed by atoms with Crippen LogP contribution in [0.25, 0.3) is 11.4 Å². The number of benzene rings is 1. The van der Waals surface area contributed by atoms with Crippen molar-refractivity contribution in [3.63, 3.8) is 0 Å². The van der Waals surface area contributed by atoms with E-state index in [2.05, 4.69) is 14.9 Å². The number of rotatable bonds is 2. The third-order valence-corrected chi connectivity index (χ3v) is 5.69. The first-order valence-electron chi connectivity index (χ1n) is 9.58. The molecule has 1 aromatic carbocycles. The summed E-state index contributed by atoms with van der Waals surface area (Å²) in [5.74, 6) is 2.26. The molecule has 0 bridgehead atoms. The standard InChI is InChI=1S/C21H20ClN5O/c1-12-23-18-11-27(10-16(18)21(28)24-12)20-15-7-2-3-8-17(15)25-19(26-20)13-5-4-6-14(22)9-13/h4-6,9H,2-3,7-8,10-11H2,1H3,(H,23,24,28). The van der Waals surface area contributed by atoms with Crippen LogP contribution in [0, 0.1) is 6.92 Å². The Morgan fingerprint density at radius 1 is 1.04 bits per heavy atom. The van der Waals surface area contributed by atoms with Crippen LogP contribution in [-0.4, -0.2) is 19.9 Å². The summed E-state index contributed by atoms with van der Waals surface area (Å²) >= 11 is 6.19. The van der Waals surface area contributed by atoms with E-state index in [1.54, 1.807) is 0 Å². The first-order chi connectivity index (χ1) is 13.6. The zero-order valence-electron chi connectivity index (χ0n) is 15.6. The molecule has 1 N–H and O–H groups in total. The summed E-state index contributed by atoms with van der Waals surface area (Å²) in [5, 5.41) is 0.667. The first kappa shape index (κ1) is 17.4. The van der Waals surface area contributed by atoms with E-state index < -0.39 is 0 Å². The van der Waals surface area contributed by atoms with Gasteiger partial charge in [0.2, 0.25) is 0 Å². The number of nitrogens with one attached hydrogen (secondary N) is 1. The van der Waals surface area contributed by atoms with Crippen LogP contribution in [0.3, 0.4) is 0 Å². The Labute approximate surface area is 167 Å². The summed E-state index contributed by atoms with van der Waals surface area (Å²) < 4.78 is 0. The maximum Gasteiger partial charge on any atom is 0.256 e. The Balaban J connectivity index is 1.62. The molecule has 0 amide bonds. The van der Waals surface area contributed by atoms with Gasteiger partial charge >= 0.3 is 0 Å². The van der Waals surface area contributed by atoms with Crippen molar-refractivity contribution in [2.45, 2.75) is 45.7 Å². The van der Waals surface area contributed by atoms with Crippen molar-refractivity contribution < 1.29 is 0 Å². The topological polar surface area (TPSA) is 74.8 Å². The molecule has 7 heteroatoms. The largest absolute Gasteiger partial charge is 0.346 e. The van der Waals surface area contributed by atoms with Crippen molar-refractivity contribution >= 4 is 17.4 Å². The molecule has 5 rings (SSSR count). The van der Waals surface area contributed by atoms with Crippen molar-refractivity contribution in [3.05, 3.63) is 68.0 Å². The third kappa shape index (κ3) is 2.98. The van der Waals surface area contributed by atoms with Crippen molar-refractivity contribution in [2.75, 3.05) is 4.90 Å². The molecule has 1 aliphatic carbocycles. The number of H-pyrrole nitrogens is 1. The SMILES string of the molecule is Cc1nc2c(c(=O)[nH]1)CN(c1nc(-c3cccc(Cl)c3)nc3c1CCCC3)C2. The maximum atomic E-state index is 12.4. The number of hydrogen-bond donors (Lipinski definition) is 1. The van der Waals surface area contributed by atoms with Gasteiger partial charge in [0, 0.05) is 21.8 Å². The lowest BCUT2D eigenvalue weighted by atomic mass is 9.95. The number of fused-ring (bicyclic) bond motifs is 2. The molecule has 3 aromatic rings. The fraction of sp³-hybridized carbons (Fsp3) is 0.333. The zero-order chi connectivity index (χ0) is 19.3. The molecule has 0 unspecified atom stereocenters. The van der Waals surface area contributed by atoms with E-state index in [9.17, 15) is 4.79 Å². The van der Waals surface area contributed by atoms with Gasteiger partial charge in [-0.15, -0.1) is 0 Å². The average Bonchev–Trinajstić information content (AvgIpc) is 3.11. The number of nitrogens with zero attached hydrogens (tertiary/aromatic N) is 4. The minimum atomic E-state index is -0.0528. The minimum absolute atomic E-state index is 0.0528. The molecule has 6 nitrogen and oxygen atoms in total. The third-order valence-electron chi connectivity index (χ3n) is 5.45. The van der Waals surface area contributed by atoms with Crippen LogP contribution in [0.15, 0.2) is 29.1 Å². The molecule has 2 aliphatic rings. The highest BCUT2D eigenvalue weighted by atomic mass is 35.5. The lowest BCUT2D eigenvalue weighted by molar-refractivity contribution is 0.657. The molecule has 2 aromatic heterocycles. The summed E-state index contributed by atoms with van der Waals surface area (Å²) in [5.41, 5.74) is 4.75. The number of hydrogen-bond acceptors (Lipinski definition) is 5. The molecule has 142 valence electrons. The van der Waals surface area contributed by atoms with Gasteiger partial charge < -0.3 is 9.88 Å². The summed E-state index contributed by atoms with van der Waals surface area (Å²) in [6.07, 6.45) is 4.20. The molecule has 0 fully saturated rings. The van der Waals surface area contributed by atoms with Crippen molar-refractivity contribution in [2.24, 2.45) is 0 Å². The summed E-state index contributed by atoms with van der Waals surface area (Å²) in [4.78, 5) is 31.6. The zero-order valence-corrected chi connectivity index (χ0v) is 16.4. The second kappa shape index (κ2) is 6.71. The Kier molecular flexibility index (Phi) is 4.16. The molecule has 0 saturated heterocycles. The second-order valence-electron chi connectivity index (χ2n) is 7.45. The van der Waals surface area contributed by atoms with E-state index in [0.29, 0.717) is 29.8 Å². The fourth-order valence-corrected chi connectivity index (χ4v) is 4.32. The molecule has 0 saturated carbocycles. The number of aromatic amines is 1. The minimum Gasteiger partial charge on any atom is -0.346 e. The average molecular weight is 394 g/mol. The van der Waals surface area contributed by atoms with E-state index in [1.165, 1.54) is 5.56 Å². The number of halogens is 1. The van der Waals surface area contributed by atoms with E-state index >= 15 is 0 Å². The van der Waals surface area contributed by atoms with Gasteiger partial charge in [-0.25, -0.2) is 15.0 Å². The smallest absolute Gasteiger partial charge is 0.256 e. The summed E-state index contributed by atoms with van der Waals surface area (Å²) in [7, 11) is 0. The quantitative estimate of drug-likeness (QED) is 0.720. The van der Waals surface area contributed by atoms with Gasteiger partial charge in [-0.3, -0.25) is 4.79 Å². The molecular weight excluding hydrogens is 374 g/mol. The predicted octanol–water partition coefficient (Wildman–Crippen LogP) is 3.59. The van der Waals surface area contributed by atoms with E-state index in [4.69, 9.17) is 21.6 Å². The van der Waals surface area contributed by atoms with Gasteiger partial charge in [0.1, 0.15) is 11.6 Å². The molecular formula is C21H20ClN5O. The molecule has 28 heavy (non-hydrogen) atoms. The number of aryl methyl sites for hydroxylation is 2. The Morgan fingerprint density at radius 3 is 2.75 bits per heavy atom. The van der Waals surface area contributed by atoms with Crippen molar-refractivity contribution in [3.8, 4) is 11.4 Å². The second-order valence-corrected chi connectivity index (χ2v) is 7.88. The van der Waals surface area contributed by atoms with Crippen LogP contribution in [-0.2, 0) is 25.9 Å². The van der Waals surface area contributed by atoms with E-state index in [-0.39, 0.29) is 5.56 Å². The van der Waals surface area contributed by atoms with E-state index in [1.807, 2.05) is 31.2 Å². The molecule has 1 aliphatic heterocycles. The maximum absolute atomic E-state index is 12.4. The van der Waals surface area contributed by atoms with Crippen LogP contribution in [0.1, 0.15) is 41.2 Å². The fourth-order valence-electron chi connectivity index (χ4n) is 4.13. The van der Waals surface area contributed by atoms with Crippen LogP contribution >= 0.6 is 11.6 Å². The van der Waals surface area contributed by atoms with Gasteiger partial charge in [-0.1, -0.05) is 23.7 Å². The van der Waals surface area contributed by atoms with Crippen LogP contribution in [0.4, 0.5) is 5.82 Å². The van der Waals surface area contributed by atoms with Gasteiger partial charge in [0.25, 0.3) is 5.56 Å². The highest BCUT2D eigenvalue weighted by molar-refractivity contribution is 6.30. The number of anilines is 1. The normalized spacial score (nSPS) is 15.4. The van der Waals surface area contributed by atoms with Gasteiger partial charge in [0.05, 0.1) is 24.3 Å². The Bertz CT molecular complexity index is 1140. The Morgan fingerprint density at radius 2 is 1.89 bits per heavy atom. The lowest BCUT2D eigenvalue weighted by Gasteiger charge is -2.25. The van der Waals surface area contributed by atoms with Gasteiger partial charge in [-0.2, -0.15) is 0 Å². The first-order valence-corrected chi connectivity index (χ1v) is 9.95. The molecule has 0 spiro atoms. The van der Waals surface area contributed by atoms with Crippen LogP contribution in [0.2, 0.25) is 5.02 Å². The van der Waals surface area contributed by atoms with Gasteiger partial charge in [0.15, 0.2) is 5.82 Å². The predicted molar refractivity (Wildman–Crippen MR) is 109 cm³/mol. The van der Waals surface area contributed by atoms with E-state index in [0.717, 1.165) is 54.0 Å². The molecule has 0 atom stereocenters. The van der Waals surface area contributed by atoms with Crippen molar-refractivity contribution in [1.29, 1.82) is 0 Å². The Hall–Kier alpha value is -2.73. The van der Waals surface area contributed by atoms with Crippen LogP contribution < -0.4 is 10.5 Å². The highest BCUT2D eigenvalue weighted by Gasteiger charge is 2.29. The molecule has 0 radical (unpaired) electrons. The monoisotopic (exact) mass is 393 g/mol. The van der Waals surface area contributed by atoms with Crippen LogP contribution in [0.5, 0.6) is 0 Å².